The molecule has 3 N–H and O–H groups in total. The van der Waals surface area contributed by atoms with E-state index in [-0.39, 0.29) is 11.9 Å². The van der Waals surface area contributed by atoms with Gasteiger partial charge in [0.1, 0.15) is 0 Å². The van der Waals surface area contributed by atoms with Crippen molar-refractivity contribution in [2.45, 2.75) is 46.6 Å². The zero-order valence-corrected chi connectivity index (χ0v) is 18.8. The third-order valence-corrected chi connectivity index (χ3v) is 5.46. The van der Waals surface area contributed by atoms with E-state index in [0.717, 1.165) is 38.0 Å². The van der Waals surface area contributed by atoms with Crippen LogP contribution in [0.3, 0.4) is 0 Å². The normalized spacial score (nSPS) is 13.0. The summed E-state index contributed by atoms with van der Waals surface area (Å²) in [6.45, 7) is 9.09. The van der Waals surface area contributed by atoms with E-state index in [1.54, 1.807) is 6.07 Å². The number of carbonyl (C=O) groups is 2. The average Bonchev–Trinajstić information content (AvgIpc) is 2.77. The highest BCUT2D eigenvalue weighted by atomic mass is 16.2. The molecule has 6 heteroatoms. The van der Waals surface area contributed by atoms with E-state index < -0.39 is 0 Å². The molecule has 0 saturated carbocycles. The molecule has 0 unspecified atom stereocenters. The predicted octanol–water partition coefficient (Wildman–Crippen LogP) is 4.56. The lowest BCUT2D eigenvalue weighted by molar-refractivity contribution is 0.0949. The minimum absolute atomic E-state index is 0.113. The molecule has 3 amide bonds. The van der Waals surface area contributed by atoms with Gasteiger partial charge in [0, 0.05) is 37.6 Å². The van der Waals surface area contributed by atoms with Gasteiger partial charge in [-0.1, -0.05) is 51.5 Å². The number of carbonyl (C=O) groups excluding carboxylic acids is 2. The van der Waals surface area contributed by atoms with E-state index in [9.17, 15) is 9.59 Å². The Morgan fingerprint density at radius 3 is 2.58 bits per heavy atom. The number of hydrogen-bond donors (Lipinski definition) is 3. The second-order valence-corrected chi connectivity index (χ2v) is 8.51. The molecular weight excluding hydrogens is 388 g/mol. The summed E-state index contributed by atoms with van der Waals surface area (Å²) in [7, 11) is 0. The second kappa shape index (κ2) is 10.8. The van der Waals surface area contributed by atoms with Crippen LogP contribution in [0, 0.1) is 5.92 Å². The Labute approximate surface area is 185 Å². The fourth-order valence-corrected chi connectivity index (χ4v) is 3.72. The van der Waals surface area contributed by atoms with Crippen molar-refractivity contribution >= 4 is 23.3 Å². The molecule has 0 spiro atoms. The van der Waals surface area contributed by atoms with Gasteiger partial charge >= 0.3 is 6.03 Å². The molecule has 1 aliphatic rings. The van der Waals surface area contributed by atoms with Crippen molar-refractivity contribution in [1.29, 1.82) is 0 Å². The third kappa shape index (κ3) is 6.23. The van der Waals surface area contributed by atoms with Gasteiger partial charge in [0.25, 0.3) is 5.91 Å². The van der Waals surface area contributed by atoms with Crippen molar-refractivity contribution in [3.8, 4) is 0 Å². The number of nitrogens with zero attached hydrogens (tertiary/aromatic N) is 1. The maximum absolute atomic E-state index is 13.0. The molecule has 6 nitrogen and oxygen atoms in total. The maximum Gasteiger partial charge on any atom is 0.319 e. The second-order valence-electron chi connectivity index (χ2n) is 8.51. The van der Waals surface area contributed by atoms with Crippen LogP contribution < -0.4 is 20.9 Å². The Balaban J connectivity index is 1.82. The molecule has 0 radical (unpaired) electrons. The zero-order chi connectivity index (χ0) is 22.2. The summed E-state index contributed by atoms with van der Waals surface area (Å²) in [5, 5.41) is 8.73. The molecular formula is C25H34N4O2. The van der Waals surface area contributed by atoms with Crippen LogP contribution in [-0.2, 0) is 13.0 Å². The molecule has 1 aliphatic heterocycles. The van der Waals surface area contributed by atoms with Crippen molar-refractivity contribution in [3.63, 3.8) is 0 Å². The van der Waals surface area contributed by atoms with E-state index in [2.05, 4.69) is 65.9 Å². The molecule has 3 rings (SSSR count). The molecule has 0 bridgehead atoms. The summed E-state index contributed by atoms with van der Waals surface area (Å²) in [6, 6.07) is 13.8. The number of benzene rings is 2. The number of fused-ring (bicyclic) bond motifs is 1. The minimum Gasteiger partial charge on any atom is -0.366 e. The first-order chi connectivity index (χ1) is 15.0. The third-order valence-electron chi connectivity index (χ3n) is 5.46. The average molecular weight is 423 g/mol. The Bertz CT molecular complexity index is 910. The van der Waals surface area contributed by atoms with Crippen LogP contribution in [0.15, 0.2) is 42.5 Å². The van der Waals surface area contributed by atoms with Crippen LogP contribution in [-0.4, -0.2) is 31.6 Å². The van der Waals surface area contributed by atoms with Gasteiger partial charge in [0.15, 0.2) is 0 Å². The SMILES string of the molecule is CCCCNC(=O)Nc1ccc(N2CCc3ccccc3C2)c(C(=O)NCC(C)C)c1. The van der Waals surface area contributed by atoms with Crippen molar-refractivity contribution in [2.24, 2.45) is 5.92 Å². The smallest absolute Gasteiger partial charge is 0.319 e. The lowest BCUT2D eigenvalue weighted by Crippen LogP contribution is -2.34. The molecule has 2 aromatic carbocycles. The molecule has 1 heterocycles. The van der Waals surface area contributed by atoms with Crippen molar-refractivity contribution in [2.75, 3.05) is 29.9 Å². The highest BCUT2D eigenvalue weighted by Crippen LogP contribution is 2.29. The van der Waals surface area contributed by atoms with E-state index in [0.29, 0.717) is 30.3 Å². The molecule has 2 aromatic rings. The fourth-order valence-electron chi connectivity index (χ4n) is 3.72. The number of anilines is 2. The lowest BCUT2D eigenvalue weighted by atomic mass is 9.98. The van der Waals surface area contributed by atoms with Gasteiger partial charge in [-0.3, -0.25) is 4.79 Å². The van der Waals surface area contributed by atoms with Gasteiger partial charge < -0.3 is 20.9 Å². The van der Waals surface area contributed by atoms with Crippen molar-refractivity contribution < 1.29 is 9.59 Å². The molecule has 0 saturated heterocycles. The Morgan fingerprint density at radius 1 is 1.06 bits per heavy atom. The number of urea groups is 1. The summed E-state index contributed by atoms with van der Waals surface area (Å²) in [4.78, 5) is 27.5. The van der Waals surface area contributed by atoms with Crippen LogP contribution in [0.5, 0.6) is 0 Å². The van der Waals surface area contributed by atoms with E-state index >= 15 is 0 Å². The van der Waals surface area contributed by atoms with Gasteiger partial charge in [-0.15, -0.1) is 0 Å². The van der Waals surface area contributed by atoms with Crippen LogP contribution in [0.2, 0.25) is 0 Å². The Hall–Kier alpha value is -3.02. The van der Waals surface area contributed by atoms with E-state index in [4.69, 9.17) is 0 Å². The van der Waals surface area contributed by atoms with Gasteiger partial charge in [0.2, 0.25) is 0 Å². The summed E-state index contributed by atoms with van der Waals surface area (Å²) >= 11 is 0. The summed E-state index contributed by atoms with van der Waals surface area (Å²) in [5.74, 6) is 0.248. The first-order valence-electron chi connectivity index (χ1n) is 11.3. The van der Waals surface area contributed by atoms with E-state index in [1.165, 1.54) is 11.1 Å². The van der Waals surface area contributed by atoms with Gasteiger partial charge in [-0.25, -0.2) is 4.79 Å². The highest BCUT2D eigenvalue weighted by Gasteiger charge is 2.22. The quantitative estimate of drug-likeness (QED) is 0.546. The van der Waals surface area contributed by atoms with Crippen LogP contribution in [0.1, 0.15) is 55.1 Å². The molecule has 166 valence electrons. The molecule has 0 fully saturated rings. The maximum atomic E-state index is 13.0. The standard InChI is InChI=1S/C25H34N4O2/c1-4-5-13-26-25(31)28-21-10-11-23(22(15-21)24(30)27-16-18(2)3)29-14-12-19-8-6-7-9-20(19)17-29/h6-11,15,18H,4-5,12-14,16-17H2,1-3H3,(H,27,30)(H2,26,28,31). The summed E-state index contributed by atoms with van der Waals surface area (Å²) in [5.41, 5.74) is 4.76. The lowest BCUT2D eigenvalue weighted by Gasteiger charge is -2.32. The number of hydrogen-bond acceptors (Lipinski definition) is 3. The van der Waals surface area contributed by atoms with Crippen LogP contribution in [0.4, 0.5) is 16.2 Å². The monoisotopic (exact) mass is 422 g/mol. The first kappa shape index (κ1) is 22.7. The minimum atomic E-state index is -0.248. The molecule has 0 atom stereocenters. The number of amides is 3. The van der Waals surface area contributed by atoms with Crippen molar-refractivity contribution in [3.05, 3.63) is 59.2 Å². The van der Waals surface area contributed by atoms with Crippen LogP contribution in [0.25, 0.3) is 0 Å². The number of nitrogens with one attached hydrogen (secondary N) is 3. The van der Waals surface area contributed by atoms with Gasteiger partial charge in [-0.2, -0.15) is 0 Å². The molecule has 0 aliphatic carbocycles. The fraction of sp³-hybridized carbons (Fsp3) is 0.440. The van der Waals surface area contributed by atoms with Crippen molar-refractivity contribution in [1.82, 2.24) is 10.6 Å². The molecule has 0 aromatic heterocycles. The summed E-state index contributed by atoms with van der Waals surface area (Å²) in [6.07, 6.45) is 2.91. The predicted molar refractivity (Wildman–Crippen MR) is 127 cm³/mol. The van der Waals surface area contributed by atoms with Gasteiger partial charge in [0.05, 0.1) is 5.56 Å². The zero-order valence-electron chi connectivity index (χ0n) is 18.8. The largest absolute Gasteiger partial charge is 0.366 e. The molecule has 31 heavy (non-hydrogen) atoms. The number of rotatable bonds is 8. The highest BCUT2D eigenvalue weighted by molar-refractivity contribution is 6.02. The van der Waals surface area contributed by atoms with Crippen LogP contribution >= 0.6 is 0 Å². The number of unbranched alkanes of at least 4 members (excludes halogenated alkanes) is 1. The summed E-state index contributed by atoms with van der Waals surface area (Å²) < 4.78 is 0. The topological polar surface area (TPSA) is 73.5 Å². The Kier molecular flexibility index (Phi) is 7.93. The van der Waals surface area contributed by atoms with E-state index in [1.807, 2.05) is 12.1 Å². The first-order valence-corrected chi connectivity index (χ1v) is 11.3. The van der Waals surface area contributed by atoms with Gasteiger partial charge in [-0.05, 0) is 48.1 Å². The Morgan fingerprint density at radius 2 is 1.84 bits per heavy atom.